The minimum atomic E-state index is 0.0731. The van der Waals surface area contributed by atoms with Crippen LogP contribution in [0.4, 0.5) is 0 Å². The van der Waals surface area contributed by atoms with Gasteiger partial charge in [0.2, 0.25) is 0 Å². The maximum atomic E-state index is 6.24. The van der Waals surface area contributed by atoms with E-state index in [1.807, 2.05) is 12.1 Å². The van der Waals surface area contributed by atoms with Crippen LogP contribution in [0.2, 0.25) is 0 Å². The minimum absolute atomic E-state index is 0.0731. The molecule has 3 heteroatoms. The van der Waals surface area contributed by atoms with E-state index >= 15 is 0 Å². The standard InChI is InChI=1S/C17H23NOS/c1-17(2,3)14-8-6-13(7-9-14)16(18)12-20-11-15-5-4-10-19-15/h4-10,16H,11-12,18H2,1-3H3. The van der Waals surface area contributed by atoms with Gasteiger partial charge in [-0.2, -0.15) is 11.8 Å². The maximum Gasteiger partial charge on any atom is 0.113 e. The number of hydrogen-bond donors (Lipinski definition) is 1. The molecule has 0 aliphatic heterocycles. The van der Waals surface area contributed by atoms with Gasteiger partial charge in [-0.3, -0.25) is 0 Å². The zero-order valence-corrected chi connectivity index (χ0v) is 13.2. The van der Waals surface area contributed by atoms with Crippen molar-refractivity contribution >= 4 is 11.8 Å². The van der Waals surface area contributed by atoms with Crippen LogP contribution in [0.3, 0.4) is 0 Å². The van der Waals surface area contributed by atoms with Gasteiger partial charge in [-0.1, -0.05) is 45.0 Å². The molecular weight excluding hydrogens is 266 g/mol. The van der Waals surface area contributed by atoms with E-state index in [1.165, 1.54) is 11.1 Å². The quantitative estimate of drug-likeness (QED) is 0.880. The third-order valence-electron chi connectivity index (χ3n) is 3.33. The van der Waals surface area contributed by atoms with E-state index in [4.69, 9.17) is 10.2 Å². The molecule has 1 atom stereocenters. The average Bonchev–Trinajstić information content (AvgIpc) is 2.91. The molecule has 2 rings (SSSR count). The number of benzene rings is 1. The van der Waals surface area contributed by atoms with Crippen molar-refractivity contribution in [3.8, 4) is 0 Å². The lowest BCUT2D eigenvalue weighted by Crippen LogP contribution is -2.15. The van der Waals surface area contributed by atoms with Crippen molar-refractivity contribution in [2.75, 3.05) is 5.75 Å². The Morgan fingerprint density at radius 2 is 1.85 bits per heavy atom. The topological polar surface area (TPSA) is 39.2 Å². The summed E-state index contributed by atoms with van der Waals surface area (Å²) in [5.74, 6) is 2.78. The molecule has 108 valence electrons. The summed E-state index contributed by atoms with van der Waals surface area (Å²) in [6.07, 6.45) is 1.71. The monoisotopic (exact) mass is 289 g/mol. The van der Waals surface area contributed by atoms with Crippen molar-refractivity contribution in [2.24, 2.45) is 5.73 Å². The number of furan rings is 1. The first kappa shape index (κ1) is 15.2. The lowest BCUT2D eigenvalue weighted by atomic mass is 9.86. The van der Waals surface area contributed by atoms with Gasteiger partial charge < -0.3 is 10.2 Å². The summed E-state index contributed by atoms with van der Waals surface area (Å²) in [7, 11) is 0. The SMILES string of the molecule is CC(C)(C)c1ccc(C(N)CSCc2ccco2)cc1. The predicted molar refractivity (Wildman–Crippen MR) is 86.9 cm³/mol. The van der Waals surface area contributed by atoms with Crippen LogP contribution >= 0.6 is 11.8 Å². The highest BCUT2D eigenvalue weighted by Gasteiger charge is 2.14. The Balaban J connectivity index is 1.87. The van der Waals surface area contributed by atoms with Gasteiger partial charge >= 0.3 is 0 Å². The van der Waals surface area contributed by atoms with Crippen molar-refractivity contribution in [3.05, 3.63) is 59.5 Å². The first-order valence-electron chi connectivity index (χ1n) is 6.93. The molecule has 0 bridgehead atoms. The van der Waals surface area contributed by atoms with Crippen molar-refractivity contribution in [2.45, 2.75) is 38.0 Å². The van der Waals surface area contributed by atoms with E-state index in [0.717, 1.165) is 17.3 Å². The fourth-order valence-electron chi connectivity index (χ4n) is 2.01. The summed E-state index contributed by atoms with van der Waals surface area (Å²) >= 11 is 1.80. The van der Waals surface area contributed by atoms with Gasteiger partial charge in [-0.05, 0) is 28.7 Å². The van der Waals surface area contributed by atoms with Crippen LogP contribution in [-0.2, 0) is 11.2 Å². The summed E-state index contributed by atoms with van der Waals surface area (Å²) in [5.41, 5.74) is 8.98. The maximum absolute atomic E-state index is 6.24. The lowest BCUT2D eigenvalue weighted by molar-refractivity contribution is 0.530. The second-order valence-corrected chi connectivity index (χ2v) is 7.10. The lowest BCUT2D eigenvalue weighted by Gasteiger charge is -2.20. The van der Waals surface area contributed by atoms with E-state index in [1.54, 1.807) is 18.0 Å². The van der Waals surface area contributed by atoms with Gasteiger partial charge in [0.15, 0.2) is 0 Å². The zero-order valence-electron chi connectivity index (χ0n) is 12.4. The molecule has 1 aromatic carbocycles. The van der Waals surface area contributed by atoms with Crippen molar-refractivity contribution in [1.29, 1.82) is 0 Å². The summed E-state index contributed by atoms with van der Waals surface area (Å²) in [4.78, 5) is 0. The second kappa shape index (κ2) is 6.51. The van der Waals surface area contributed by atoms with E-state index in [9.17, 15) is 0 Å². The molecule has 0 saturated heterocycles. The molecule has 0 amide bonds. The van der Waals surface area contributed by atoms with Crippen LogP contribution in [-0.4, -0.2) is 5.75 Å². The van der Waals surface area contributed by atoms with E-state index in [2.05, 4.69) is 45.0 Å². The van der Waals surface area contributed by atoms with E-state index in [-0.39, 0.29) is 11.5 Å². The molecule has 0 aliphatic carbocycles. The number of nitrogens with two attached hydrogens (primary N) is 1. The van der Waals surface area contributed by atoms with Crippen molar-refractivity contribution in [3.63, 3.8) is 0 Å². The van der Waals surface area contributed by atoms with Crippen LogP contribution in [0, 0.1) is 0 Å². The fourth-order valence-corrected chi connectivity index (χ4v) is 2.94. The van der Waals surface area contributed by atoms with E-state index in [0.29, 0.717) is 0 Å². The Bertz CT molecular complexity index is 511. The molecule has 0 spiro atoms. The Labute approximate surface area is 125 Å². The number of rotatable bonds is 5. The van der Waals surface area contributed by atoms with E-state index < -0.39 is 0 Å². The number of thioether (sulfide) groups is 1. The average molecular weight is 289 g/mol. The Hall–Kier alpha value is -1.19. The summed E-state index contributed by atoms with van der Waals surface area (Å²) in [5, 5.41) is 0. The van der Waals surface area contributed by atoms with Gasteiger partial charge in [0.1, 0.15) is 5.76 Å². The number of hydrogen-bond acceptors (Lipinski definition) is 3. The minimum Gasteiger partial charge on any atom is -0.468 e. The highest BCUT2D eigenvalue weighted by Crippen LogP contribution is 2.25. The van der Waals surface area contributed by atoms with Crippen molar-refractivity contribution < 1.29 is 4.42 Å². The highest BCUT2D eigenvalue weighted by molar-refractivity contribution is 7.98. The highest BCUT2D eigenvalue weighted by atomic mass is 32.2. The van der Waals surface area contributed by atoms with Crippen LogP contribution in [0.5, 0.6) is 0 Å². The molecule has 2 aromatic rings. The zero-order chi connectivity index (χ0) is 14.6. The summed E-state index contributed by atoms with van der Waals surface area (Å²) in [6.45, 7) is 6.67. The third-order valence-corrected chi connectivity index (χ3v) is 4.41. The molecule has 0 fully saturated rings. The third kappa shape index (κ3) is 4.15. The molecule has 20 heavy (non-hydrogen) atoms. The molecule has 0 saturated carbocycles. The van der Waals surface area contributed by atoms with Gasteiger partial charge in [-0.25, -0.2) is 0 Å². The van der Waals surface area contributed by atoms with Crippen LogP contribution in [0.15, 0.2) is 47.1 Å². The van der Waals surface area contributed by atoms with Crippen LogP contribution < -0.4 is 5.73 Å². The molecule has 1 aromatic heterocycles. The molecule has 2 nitrogen and oxygen atoms in total. The summed E-state index contributed by atoms with van der Waals surface area (Å²) < 4.78 is 5.31. The Morgan fingerprint density at radius 1 is 1.15 bits per heavy atom. The Morgan fingerprint density at radius 3 is 2.40 bits per heavy atom. The van der Waals surface area contributed by atoms with Crippen LogP contribution in [0.1, 0.15) is 43.7 Å². The normalized spacial score (nSPS) is 13.4. The first-order valence-corrected chi connectivity index (χ1v) is 8.08. The molecule has 2 N–H and O–H groups in total. The smallest absolute Gasteiger partial charge is 0.113 e. The Kier molecular flexibility index (Phi) is 4.95. The molecule has 1 unspecified atom stereocenters. The largest absolute Gasteiger partial charge is 0.468 e. The molecule has 0 aliphatic rings. The van der Waals surface area contributed by atoms with Gasteiger partial charge in [0.05, 0.1) is 12.0 Å². The predicted octanol–water partition coefficient (Wildman–Crippen LogP) is 4.51. The molecule has 1 heterocycles. The van der Waals surface area contributed by atoms with Gasteiger partial charge in [-0.15, -0.1) is 0 Å². The fraction of sp³-hybridized carbons (Fsp3) is 0.412. The van der Waals surface area contributed by atoms with Crippen molar-refractivity contribution in [1.82, 2.24) is 0 Å². The second-order valence-electron chi connectivity index (χ2n) is 6.07. The first-order chi connectivity index (χ1) is 9.47. The summed E-state index contributed by atoms with van der Waals surface area (Å²) in [6, 6.07) is 12.7. The van der Waals surface area contributed by atoms with Gasteiger partial charge in [0.25, 0.3) is 0 Å². The molecule has 0 radical (unpaired) electrons. The molecular formula is C17H23NOS. The van der Waals surface area contributed by atoms with Crippen LogP contribution in [0.25, 0.3) is 0 Å². The van der Waals surface area contributed by atoms with Gasteiger partial charge in [0, 0.05) is 11.8 Å².